The van der Waals surface area contributed by atoms with Crippen LogP contribution in [0.25, 0.3) is 0 Å². The predicted molar refractivity (Wildman–Crippen MR) is 73.5 cm³/mol. The standard InChI is InChI=1S/C15H21FN2O/c1-11(15(19)17(2)3)18-8-7-13(10-18)12-5-4-6-14(16)9-12/h4-6,9,11,13H,7-8,10H2,1-3H3. The van der Waals surface area contributed by atoms with Gasteiger partial charge in [0.1, 0.15) is 5.82 Å². The number of halogens is 1. The molecule has 2 unspecified atom stereocenters. The Morgan fingerprint density at radius 3 is 2.84 bits per heavy atom. The van der Waals surface area contributed by atoms with Crippen LogP contribution in [-0.4, -0.2) is 48.9 Å². The van der Waals surface area contributed by atoms with E-state index >= 15 is 0 Å². The Morgan fingerprint density at radius 1 is 1.47 bits per heavy atom. The summed E-state index contributed by atoms with van der Waals surface area (Å²) in [5, 5.41) is 0. The predicted octanol–water partition coefficient (Wildman–Crippen LogP) is 2.09. The Kier molecular flexibility index (Phi) is 4.20. The van der Waals surface area contributed by atoms with Gasteiger partial charge in [-0.3, -0.25) is 9.69 Å². The molecular weight excluding hydrogens is 243 g/mol. The zero-order chi connectivity index (χ0) is 14.0. The summed E-state index contributed by atoms with van der Waals surface area (Å²) in [7, 11) is 3.55. The average molecular weight is 264 g/mol. The number of carbonyl (C=O) groups is 1. The van der Waals surface area contributed by atoms with Gasteiger partial charge in [0, 0.05) is 20.6 Å². The first-order chi connectivity index (χ1) is 8.99. The van der Waals surface area contributed by atoms with Crippen molar-refractivity contribution >= 4 is 5.91 Å². The molecule has 1 amide bonds. The molecule has 0 aromatic heterocycles. The first-order valence-corrected chi connectivity index (χ1v) is 6.69. The monoisotopic (exact) mass is 264 g/mol. The van der Waals surface area contributed by atoms with Crippen LogP contribution in [0.3, 0.4) is 0 Å². The van der Waals surface area contributed by atoms with Crippen LogP contribution in [0.1, 0.15) is 24.8 Å². The fraction of sp³-hybridized carbons (Fsp3) is 0.533. The molecule has 4 heteroatoms. The van der Waals surface area contributed by atoms with E-state index in [9.17, 15) is 9.18 Å². The highest BCUT2D eigenvalue weighted by Gasteiger charge is 2.30. The zero-order valence-electron chi connectivity index (χ0n) is 11.8. The topological polar surface area (TPSA) is 23.6 Å². The van der Waals surface area contributed by atoms with Crippen molar-refractivity contribution in [3.05, 3.63) is 35.6 Å². The third-order valence-electron chi connectivity index (χ3n) is 3.89. The van der Waals surface area contributed by atoms with Crippen molar-refractivity contribution in [3.63, 3.8) is 0 Å². The molecule has 1 aliphatic rings. The van der Waals surface area contributed by atoms with Gasteiger partial charge in [-0.15, -0.1) is 0 Å². The fourth-order valence-corrected chi connectivity index (χ4v) is 2.70. The summed E-state index contributed by atoms with van der Waals surface area (Å²) in [6.07, 6.45) is 0.981. The van der Waals surface area contributed by atoms with E-state index in [1.165, 1.54) is 6.07 Å². The largest absolute Gasteiger partial charge is 0.347 e. The second-order valence-corrected chi connectivity index (χ2v) is 5.44. The molecule has 1 heterocycles. The van der Waals surface area contributed by atoms with E-state index in [0.717, 1.165) is 25.1 Å². The summed E-state index contributed by atoms with van der Waals surface area (Å²) >= 11 is 0. The van der Waals surface area contributed by atoms with Gasteiger partial charge in [-0.05, 0) is 43.5 Å². The van der Waals surface area contributed by atoms with Crippen molar-refractivity contribution in [3.8, 4) is 0 Å². The number of nitrogens with zero attached hydrogens (tertiary/aromatic N) is 2. The van der Waals surface area contributed by atoms with E-state index in [-0.39, 0.29) is 17.8 Å². The van der Waals surface area contributed by atoms with Crippen LogP contribution in [0.2, 0.25) is 0 Å². The van der Waals surface area contributed by atoms with Crippen LogP contribution in [0.4, 0.5) is 4.39 Å². The third kappa shape index (κ3) is 3.13. The molecule has 1 aromatic rings. The SMILES string of the molecule is CC(C(=O)N(C)C)N1CCC(c2cccc(F)c2)C1. The lowest BCUT2D eigenvalue weighted by atomic mass is 9.98. The number of likely N-dealkylation sites (tertiary alicyclic amines) is 1. The van der Waals surface area contributed by atoms with Gasteiger partial charge in [-0.1, -0.05) is 12.1 Å². The lowest BCUT2D eigenvalue weighted by molar-refractivity contribution is -0.133. The molecule has 19 heavy (non-hydrogen) atoms. The molecule has 104 valence electrons. The number of benzene rings is 1. The third-order valence-corrected chi connectivity index (χ3v) is 3.89. The van der Waals surface area contributed by atoms with E-state index < -0.39 is 0 Å². The molecule has 1 aromatic carbocycles. The highest BCUT2D eigenvalue weighted by Crippen LogP contribution is 2.28. The van der Waals surface area contributed by atoms with Crippen LogP contribution >= 0.6 is 0 Å². The second-order valence-electron chi connectivity index (χ2n) is 5.44. The Balaban J connectivity index is 2.02. The van der Waals surface area contributed by atoms with Gasteiger partial charge in [0.05, 0.1) is 6.04 Å². The number of hydrogen-bond acceptors (Lipinski definition) is 2. The van der Waals surface area contributed by atoms with E-state index in [1.807, 2.05) is 13.0 Å². The maximum absolute atomic E-state index is 13.2. The maximum atomic E-state index is 13.2. The summed E-state index contributed by atoms with van der Waals surface area (Å²) in [4.78, 5) is 15.8. The van der Waals surface area contributed by atoms with Gasteiger partial charge >= 0.3 is 0 Å². The van der Waals surface area contributed by atoms with E-state index in [4.69, 9.17) is 0 Å². The maximum Gasteiger partial charge on any atom is 0.239 e. The van der Waals surface area contributed by atoms with E-state index in [1.54, 1.807) is 31.1 Å². The Labute approximate surface area is 114 Å². The molecule has 1 fully saturated rings. The van der Waals surface area contributed by atoms with Gasteiger partial charge in [0.25, 0.3) is 0 Å². The summed E-state index contributed by atoms with van der Waals surface area (Å²) in [5.74, 6) is 0.265. The number of hydrogen-bond donors (Lipinski definition) is 0. The number of likely N-dealkylation sites (N-methyl/N-ethyl adjacent to an activating group) is 1. The fourth-order valence-electron chi connectivity index (χ4n) is 2.70. The lowest BCUT2D eigenvalue weighted by Crippen LogP contribution is -2.43. The quantitative estimate of drug-likeness (QED) is 0.834. The smallest absolute Gasteiger partial charge is 0.239 e. The van der Waals surface area contributed by atoms with Gasteiger partial charge < -0.3 is 4.90 Å². The average Bonchev–Trinajstić information content (AvgIpc) is 2.86. The summed E-state index contributed by atoms with van der Waals surface area (Å²) < 4.78 is 13.2. The minimum atomic E-state index is -0.187. The van der Waals surface area contributed by atoms with Crippen LogP contribution in [0, 0.1) is 5.82 Å². The van der Waals surface area contributed by atoms with Crippen LogP contribution in [-0.2, 0) is 4.79 Å². The summed E-state index contributed by atoms with van der Waals surface area (Å²) in [5.41, 5.74) is 1.03. The highest BCUT2D eigenvalue weighted by molar-refractivity contribution is 5.81. The van der Waals surface area contributed by atoms with E-state index in [2.05, 4.69) is 4.90 Å². The minimum absolute atomic E-state index is 0.103. The molecule has 1 aliphatic heterocycles. The van der Waals surface area contributed by atoms with Crippen molar-refractivity contribution in [2.45, 2.75) is 25.3 Å². The van der Waals surface area contributed by atoms with Crippen molar-refractivity contribution in [1.82, 2.24) is 9.80 Å². The normalized spacial score (nSPS) is 21.4. The lowest BCUT2D eigenvalue weighted by Gasteiger charge is -2.26. The van der Waals surface area contributed by atoms with Gasteiger partial charge in [-0.2, -0.15) is 0 Å². The van der Waals surface area contributed by atoms with Crippen molar-refractivity contribution in [2.24, 2.45) is 0 Å². The second kappa shape index (κ2) is 5.70. The van der Waals surface area contributed by atoms with Crippen LogP contribution < -0.4 is 0 Å². The molecule has 0 N–H and O–H groups in total. The van der Waals surface area contributed by atoms with Crippen LogP contribution in [0.5, 0.6) is 0 Å². The van der Waals surface area contributed by atoms with Crippen molar-refractivity contribution < 1.29 is 9.18 Å². The number of amides is 1. The molecular formula is C15H21FN2O. The molecule has 0 aliphatic carbocycles. The number of carbonyl (C=O) groups excluding carboxylic acids is 1. The summed E-state index contributed by atoms with van der Waals surface area (Å²) in [6, 6.07) is 6.69. The highest BCUT2D eigenvalue weighted by atomic mass is 19.1. The summed E-state index contributed by atoms with van der Waals surface area (Å²) in [6.45, 7) is 3.66. The Morgan fingerprint density at radius 2 is 2.21 bits per heavy atom. The molecule has 0 saturated carbocycles. The van der Waals surface area contributed by atoms with Gasteiger partial charge in [-0.25, -0.2) is 4.39 Å². The Hall–Kier alpha value is -1.42. The first-order valence-electron chi connectivity index (χ1n) is 6.69. The molecule has 0 spiro atoms. The van der Waals surface area contributed by atoms with Crippen molar-refractivity contribution in [2.75, 3.05) is 27.2 Å². The van der Waals surface area contributed by atoms with Crippen LogP contribution in [0.15, 0.2) is 24.3 Å². The molecule has 1 saturated heterocycles. The number of rotatable bonds is 3. The molecule has 0 bridgehead atoms. The van der Waals surface area contributed by atoms with Gasteiger partial charge in [0.15, 0.2) is 0 Å². The van der Waals surface area contributed by atoms with E-state index in [0.29, 0.717) is 5.92 Å². The first kappa shape index (κ1) is 14.0. The molecule has 3 nitrogen and oxygen atoms in total. The van der Waals surface area contributed by atoms with Crippen molar-refractivity contribution in [1.29, 1.82) is 0 Å². The molecule has 0 radical (unpaired) electrons. The minimum Gasteiger partial charge on any atom is -0.347 e. The Bertz CT molecular complexity index is 461. The molecule has 2 atom stereocenters. The molecule has 2 rings (SSSR count). The zero-order valence-corrected chi connectivity index (χ0v) is 11.8. The van der Waals surface area contributed by atoms with Gasteiger partial charge in [0.2, 0.25) is 5.91 Å².